The van der Waals surface area contributed by atoms with Gasteiger partial charge in [0.15, 0.2) is 5.69 Å². The third-order valence-electron chi connectivity index (χ3n) is 6.02. The maximum Gasteiger partial charge on any atom is 0.275 e. The number of aryl methyl sites for hydroxylation is 1. The van der Waals surface area contributed by atoms with E-state index in [2.05, 4.69) is 50.4 Å². The Morgan fingerprint density at radius 3 is 2.67 bits per heavy atom. The van der Waals surface area contributed by atoms with Gasteiger partial charge in [0.1, 0.15) is 0 Å². The van der Waals surface area contributed by atoms with Gasteiger partial charge in [-0.1, -0.05) is 19.1 Å². The molecule has 1 aromatic carbocycles. The van der Waals surface area contributed by atoms with Gasteiger partial charge in [0, 0.05) is 36.4 Å². The van der Waals surface area contributed by atoms with Crippen molar-refractivity contribution >= 4 is 18.3 Å². The number of aromatic nitrogens is 2. The Bertz CT molecular complexity index is 814. The van der Waals surface area contributed by atoms with Crippen molar-refractivity contribution in [2.24, 2.45) is 0 Å². The molecule has 1 N–H and O–H groups in total. The largest absolute Gasteiger partial charge is 0.332 e. The number of halogens is 1. The Labute approximate surface area is 167 Å². The van der Waals surface area contributed by atoms with Gasteiger partial charge in [0.2, 0.25) is 0 Å². The van der Waals surface area contributed by atoms with Crippen molar-refractivity contribution in [3.8, 4) is 5.69 Å². The summed E-state index contributed by atoms with van der Waals surface area (Å²) in [5, 5.41) is 8.24. The number of nitrogens with one attached hydrogen (secondary N) is 1. The van der Waals surface area contributed by atoms with Crippen LogP contribution >= 0.6 is 12.4 Å². The van der Waals surface area contributed by atoms with E-state index in [9.17, 15) is 4.79 Å². The zero-order valence-electron chi connectivity index (χ0n) is 16.4. The average molecular weight is 389 g/mol. The van der Waals surface area contributed by atoms with Gasteiger partial charge in [-0.3, -0.25) is 4.79 Å². The van der Waals surface area contributed by atoms with E-state index in [1.54, 1.807) is 0 Å². The Kier molecular flexibility index (Phi) is 5.92. The molecule has 2 aliphatic rings. The lowest BCUT2D eigenvalue weighted by atomic mass is 10.1. The van der Waals surface area contributed by atoms with Crippen LogP contribution in [0.4, 0.5) is 0 Å². The first-order valence-corrected chi connectivity index (χ1v) is 9.84. The van der Waals surface area contributed by atoms with Crippen molar-refractivity contribution in [2.75, 3.05) is 13.1 Å². The Morgan fingerprint density at radius 1 is 1.22 bits per heavy atom. The number of rotatable bonds is 3. The molecular formula is C21H29ClN4O. The SMILES string of the molecule is CCc1ccc(-n2nc(C(=O)N3CCNC(C)C3C)c3c2CCC3)cc1.Cl. The molecule has 2 unspecified atom stereocenters. The highest BCUT2D eigenvalue weighted by Gasteiger charge is 2.34. The summed E-state index contributed by atoms with van der Waals surface area (Å²) in [6.45, 7) is 8.01. The molecule has 1 fully saturated rings. The molecule has 1 aromatic heterocycles. The maximum absolute atomic E-state index is 13.3. The van der Waals surface area contributed by atoms with Gasteiger partial charge in [-0.2, -0.15) is 5.10 Å². The molecule has 2 heterocycles. The number of carbonyl (C=O) groups excluding carboxylic acids is 1. The number of carbonyl (C=O) groups is 1. The number of benzene rings is 1. The van der Waals surface area contributed by atoms with Crippen molar-refractivity contribution in [1.29, 1.82) is 0 Å². The van der Waals surface area contributed by atoms with Crippen molar-refractivity contribution in [1.82, 2.24) is 20.0 Å². The average Bonchev–Trinajstić information content (AvgIpc) is 3.26. The Balaban J connectivity index is 0.00000210. The van der Waals surface area contributed by atoms with Crippen molar-refractivity contribution in [2.45, 2.75) is 58.5 Å². The first kappa shape index (κ1) is 19.9. The smallest absolute Gasteiger partial charge is 0.275 e. The Morgan fingerprint density at radius 2 is 1.96 bits per heavy atom. The van der Waals surface area contributed by atoms with E-state index >= 15 is 0 Å². The first-order chi connectivity index (χ1) is 12.6. The minimum absolute atomic E-state index is 0. The maximum atomic E-state index is 13.3. The van der Waals surface area contributed by atoms with Crippen LogP contribution < -0.4 is 5.32 Å². The van der Waals surface area contributed by atoms with Gasteiger partial charge < -0.3 is 10.2 Å². The van der Waals surface area contributed by atoms with Gasteiger partial charge in [0.05, 0.1) is 5.69 Å². The summed E-state index contributed by atoms with van der Waals surface area (Å²) in [4.78, 5) is 15.3. The molecular weight excluding hydrogens is 360 g/mol. The second kappa shape index (κ2) is 8.03. The Hall–Kier alpha value is -1.85. The van der Waals surface area contributed by atoms with Crippen LogP contribution in [0.1, 0.15) is 54.5 Å². The summed E-state index contributed by atoms with van der Waals surface area (Å²) in [6.07, 6.45) is 4.09. The number of hydrogen-bond acceptors (Lipinski definition) is 3. The van der Waals surface area contributed by atoms with Gasteiger partial charge >= 0.3 is 0 Å². The molecule has 1 aliphatic heterocycles. The summed E-state index contributed by atoms with van der Waals surface area (Å²) in [6, 6.07) is 9.04. The molecule has 4 rings (SSSR count). The van der Waals surface area contributed by atoms with E-state index in [-0.39, 0.29) is 24.4 Å². The molecule has 2 atom stereocenters. The first-order valence-electron chi connectivity index (χ1n) is 9.84. The number of piperazine rings is 1. The normalized spacial score (nSPS) is 21.7. The quantitative estimate of drug-likeness (QED) is 0.878. The van der Waals surface area contributed by atoms with Crippen molar-refractivity contribution in [3.05, 3.63) is 46.8 Å². The van der Waals surface area contributed by atoms with E-state index in [1.165, 1.54) is 11.3 Å². The van der Waals surface area contributed by atoms with Crippen LogP contribution in [0.2, 0.25) is 0 Å². The fourth-order valence-electron chi connectivity index (χ4n) is 4.17. The number of fused-ring (bicyclic) bond motifs is 1. The van der Waals surface area contributed by atoms with Gasteiger partial charge in [0.25, 0.3) is 5.91 Å². The van der Waals surface area contributed by atoms with Crippen LogP contribution in [0.25, 0.3) is 5.69 Å². The molecule has 2 aromatic rings. The predicted molar refractivity (Wildman–Crippen MR) is 110 cm³/mol. The standard InChI is InChI=1S/C21H28N4O.ClH/c1-4-16-8-10-17(11-9-16)25-19-7-5-6-18(19)20(23-25)21(26)24-13-12-22-14(2)15(24)3;/h8-11,14-15,22H,4-7,12-13H2,1-3H3;1H. The van der Waals surface area contributed by atoms with Gasteiger partial charge in [-0.15, -0.1) is 12.4 Å². The second-order valence-corrected chi connectivity index (χ2v) is 7.54. The summed E-state index contributed by atoms with van der Waals surface area (Å²) < 4.78 is 2.01. The van der Waals surface area contributed by atoms with E-state index in [0.29, 0.717) is 11.7 Å². The molecule has 1 saturated heterocycles. The highest BCUT2D eigenvalue weighted by atomic mass is 35.5. The van der Waals surface area contributed by atoms with Crippen LogP contribution in [0, 0.1) is 0 Å². The summed E-state index contributed by atoms with van der Waals surface area (Å²) in [5.41, 5.74) is 5.41. The van der Waals surface area contributed by atoms with Crippen LogP contribution in [0.3, 0.4) is 0 Å². The van der Waals surface area contributed by atoms with Crippen LogP contribution in [-0.4, -0.2) is 45.8 Å². The van der Waals surface area contributed by atoms with E-state index < -0.39 is 0 Å². The third kappa shape index (κ3) is 3.50. The lowest BCUT2D eigenvalue weighted by Gasteiger charge is -2.38. The lowest BCUT2D eigenvalue weighted by Crippen LogP contribution is -2.57. The number of nitrogens with zero attached hydrogens (tertiary/aromatic N) is 3. The molecule has 0 spiro atoms. The zero-order chi connectivity index (χ0) is 18.3. The summed E-state index contributed by atoms with van der Waals surface area (Å²) >= 11 is 0. The van der Waals surface area contributed by atoms with Crippen molar-refractivity contribution in [3.63, 3.8) is 0 Å². The number of amides is 1. The van der Waals surface area contributed by atoms with Gasteiger partial charge in [-0.05, 0) is 57.2 Å². The highest BCUT2D eigenvalue weighted by molar-refractivity contribution is 5.94. The monoisotopic (exact) mass is 388 g/mol. The van der Waals surface area contributed by atoms with E-state index in [4.69, 9.17) is 5.10 Å². The molecule has 0 radical (unpaired) electrons. The van der Waals surface area contributed by atoms with Crippen molar-refractivity contribution < 1.29 is 4.79 Å². The molecule has 0 bridgehead atoms. The fourth-order valence-corrected chi connectivity index (χ4v) is 4.17. The summed E-state index contributed by atoms with van der Waals surface area (Å²) in [7, 11) is 0. The van der Waals surface area contributed by atoms with E-state index in [0.717, 1.165) is 50.0 Å². The fraction of sp³-hybridized carbons (Fsp3) is 0.524. The van der Waals surface area contributed by atoms with Crippen LogP contribution in [0.5, 0.6) is 0 Å². The van der Waals surface area contributed by atoms with E-state index in [1.807, 2.05) is 9.58 Å². The minimum Gasteiger partial charge on any atom is -0.332 e. The number of hydrogen-bond donors (Lipinski definition) is 1. The van der Waals surface area contributed by atoms with Crippen LogP contribution in [0.15, 0.2) is 24.3 Å². The topological polar surface area (TPSA) is 50.2 Å². The molecule has 27 heavy (non-hydrogen) atoms. The highest BCUT2D eigenvalue weighted by Crippen LogP contribution is 2.29. The molecule has 5 nitrogen and oxygen atoms in total. The zero-order valence-corrected chi connectivity index (χ0v) is 17.2. The molecule has 146 valence electrons. The molecule has 0 saturated carbocycles. The minimum atomic E-state index is 0. The van der Waals surface area contributed by atoms with Gasteiger partial charge in [-0.25, -0.2) is 4.68 Å². The summed E-state index contributed by atoms with van der Waals surface area (Å²) in [5.74, 6) is 0.0907. The second-order valence-electron chi connectivity index (χ2n) is 7.54. The molecule has 6 heteroatoms. The lowest BCUT2D eigenvalue weighted by molar-refractivity contribution is 0.0595. The molecule has 1 amide bonds. The van der Waals surface area contributed by atoms with Crippen LogP contribution in [-0.2, 0) is 19.3 Å². The predicted octanol–water partition coefficient (Wildman–Crippen LogP) is 3.17. The third-order valence-corrected chi connectivity index (χ3v) is 6.02. The molecule has 1 aliphatic carbocycles.